The van der Waals surface area contributed by atoms with Gasteiger partial charge >= 0.3 is 0 Å². The predicted octanol–water partition coefficient (Wildman–Crippen LogP) is 3.49. The number of carbonyl (C=O) groups is 1. The van der Waals surface area contributed by atoms with Gasteiger partial charge in [0.1, 0.15) is 5.75 Å². The van der Waals surface area contributed by atoms with E-state index in [1.54, 1.807) is 26.0 Å². The Kier molecular flexibility index (Phi) is 5.35. The first-order chi connectivity index (χ1) is 10.3. The van der Waals surface area contributed by atoms with Crippen LogP contribution in [0.25, 0.3) is 0 Å². The van der Waals surface area contributed by atoms with Crippen molar-refractivity contribution in [3.63, 3.8) is 0 Å². The van der Waals surface area contributed by atoms with E-state index < -0.39 is 5.60 Å². The van der Waals surface area contributed by atoms with Crippen LogP contribution < -0.4 is 10.1 Å². The summed E-state index contributed by atoms with van der Waals surface area (Å²) in [6.07, 6.45) is 2.13. The van der Waals surface area contributed by atoms with Crippen LogP contribution in [0.1, 0.15) is 39.2 Å². The van der Waals surface area contributed by atoms with Crippen LogP contribution in [0, 0.1) is 6.92 Å². The summed E-state index contributed by atoms with van der Waals surface area (Å²) in [6, 6.07) is 5.36. The quantitative estimate of drug-likeness (QED) is 0.901. The highest BCUT2D eigenvalue weighted by molar-refractivity contribution is 6.31. The Morgan fingerprint density at radius 2 is 2.23 bits per heavy atom. The van der Waals surface area contributed by atoms with E-state index in [1.807, 2.05) is 19.9 Å². The summed E-state index contributed by atoms with van der Waals surface area (Å²) in [6.45, 7) is 8.16. The minimum absolute atomic E-state index is 0.0233. The van der Waals surface area contributed by atoms with Gasteiger partial charge in [-0.2, -0.15) is 0 Å². The molecule has 0 radical (unpaired) electrons. The molecule has 0 aliphatic carbocycles. The van der Waals surface area contributed by atoms with Crippen molar-refractivity contribution in [3.05, 3.63) is 28.8 Å². The second-order valence-electron chi connectivity index (χ2n) is 6.34. The number of amides is 1. The number of aryl methyl sites for hydroxylation is 1. The van der Waals surface area contributed by atoms with Crippen LogP contribution in [-0.2, 0) is 9.53 Å². The molecule has 1 aromatic carbocycles. The van der Waals surface area contributed by atoms with Crippen molar-refractivity contribution in [2.24, 2.45) is 0 Å². The molecule has 2 rings (SSSR count). The van der Waals surface area contributed by atoms with Crippen molar-refractivity contribution < 1.29 is 14.3 Å². The van der Waals surface area contributed by atoms with E-state index in [0.29, 0.717) is 10.8 Å². The van der Waals surface area contributed by atoms with E-state index in [2.05, 4.69) is 5.32 Å². The molecule has 1 heterocycles. The maximum Gasteiger partial charge on any atom is 0.263 e. The van der Waals surface area contributed by atoms with Crippen molar-refractivity contribution >= 4 is 17.5 Å². The fraction of sp³-hybridized carbons (Fsp3) is 0.588. The maximum atomic E-state index is 12.5. The first-order valence-electron chi connectivity index (χ1n) is 7.67. The van der Waals surface area contributed by atoms with Crippen LogP contribution in [0.15, 0.2) is 18.2 Å². The molecule has 5 heteroatoms. The van der Waals surface area contributed by atoms with Crippen LogP contribution >= 0.6 is 11.6 Å². The molecule has 0 bridgehead atoms. The van der Waals surface area contributed by atoms with Crippen molar-refractivity contribution in [1.29, 1.82) is 0 Å². The molecule has 0 spiro atoms. The van der Waals surface area contributed by atoms with Gasteiger partial charge in [0.15, 0.2) is 5.60 Å². The largest absolute Gasteiger partial charge is 0.478 e. The highest BCUT2D eigenvalue weighted by Gasteiger charge is 2.33. The standard InChI is InChI=1S/C17H24ClNO3/c1-11-10-13(7-8-14(11)18)22-17(3,4)16(20)19-12(2)15-6-5-9-21-15/h7-8,10,12,15H,5-6,9H2,1-4H3,(H,19,20). The molecular weight excluding hydrogens is 302 g/mol. The molecule has 1 amide bonds. The lowest BCUT2D eigenvalue weighted by Crippen LogP contribution is -2.52. The number of rotatable bonds is 5. The first-order valence-corrected chi connectivity index (χ1v) is 8.05. The third-order valence-corrected chi connectivity index (χ3v) is 4.35. The number of nitrogens with one attached hydrogen (secondary N) is 1. The Labute approximate surface area is 137 Å². The molecule has 1 aliphatic rings. The molecule has 0 saturated carbocycles. The number of hydrogen-bond acceptors (Lipinski definition) is 3. The number of carbonyl (C=O) groups excluding carboxylic acids is 1. The minimum atomic E-state index is -0.965. The molecule has 2 unspecified atom stereocenters. The summed E-state index contributed by atoms with van der Waals surface area (Å²) in [7, 11) is 0. The molecule has 4 nitrogen and oxygen atoms in total. The summed E-state index contributed by atoms with van der Waals surface area (Å²) in [5.74, 6) is 0.481. The Morgan fingerprint density at radius 3 is 2.82 bits per heavy atom. The van der Waals surface area contributed by atoms with Gasteiger partial charge in [-0.3, -0.25) is 4.79 Å². The summed E-state index contributed by atoms with van der Waals surface area (Å²) >= 11 is 6.01. The van der Waals surface area contributed by atoms with Gasteiger partial charge in [-0.1, -0.05) is 11.6 Å². The number of hydrogen-bond donors (Lipinski definition) is 1. The molecule has 1 fully saturated rings. The van der Waals surface area contributed by atoms with E-state index in [9.17, 15) is 4.79 Å². The lowest BCUT2D eigenvalue weighted by atomic mass is 10.1. The van der Waals surface area contributed by atoms with Gasteiger partial charge in [-0.15, -0.1) is 0 Å². The van der Waals surface area contributed by atoms with Crippen LogP contribution in [-0.4, -0.2) is 30.3 Å². The van der Waals surface area contributed by atoms with Crippen molar-refractivity contribution in [3.8, 4) is 5.75 Å². The van der Waals surface area contributed by atoms with Crippen LogP contribution in [0.4, 0.5) is 0 Å². The fourth-order valence-corrected chi connectivity index (χ4v) is 2.61. The lowest BCUT2D eigenvalue weighted by Gasteiger charge is -2.29. The Bertz CT molecular complexity index is 539. The SMILES string of the molecule is Cc1cc(OC(C)(C)C(=O)NC(C)C2CCCO2)ccc1Cl. The van der Waals surface area contributed by atoms with Crippen molar-refractivity contribution in [2.75, 3.05) is 6.61 Å². The van der Waals surface area contributed by atoms with E-state index in [0.717, 1.165) is 25.0 Å². The Morgan fingerprint density at radius 1 is 1.50 bits per heavy atom. The van der Waals surface area contributed by atoms with Gasteiger partial charge in [-0.25, -0.2) is 0 Å². The normalized spacial score (nSPS) is 19.8. The molecule has 1 saturated heterocycles. The van der Waals surface area contributed by atoms with Gasteiger partial charge in [-0.05, 0) is 64.3 Å². The zero-order chi connectivity index (χ0) is 16.3. The summed E-state index contributed by atoms with van der Waals surface area (Å²) < 4.78 is 11.5. The molecule has 1 aromatic rings. The average molecular weight is 326 g/mol. The number of ether oxygens (including phenoxy) is 2. The van der Waals surface area contributed by atoms with E-state index >= 15 is 0 Å². The van der Waals surface area contributed by atoms with Crippen molar-refractivity contribution in [1.82, 2.24) is 5.32 Å². The highest BCUT2D eigenvalue weighted by Crippen LogP contribution is 2.25. The molecular formula is C17H24ClNO3. The Balaban J connectivity index is 1.98. The highest BCUT2D eigenvalue weighted by atomic mass is 35.5. The fourth-order valence-electron chi connectivity index (χ4n) is 2.49. The summed E-state index contributed by atoms with van der Waals surface area (Å²) in [5, 5.41) is 3.68. The molecule has 1 N–H and O–H groups in total. The van der Waals surface area contributed by atoms with Gasteiger partial charge in [0.05, 0.1) is 12.1 Å². The summed E-state index contributed by atoms with van der Waals surface area (Å²) in [5.41, 5.74) is -0.0456. The summed E-state index contributed by atoms with van der Waals surface area (Å²) in [4.78, 5) is 12.5. The minimum Gasteiger partial charge on any atom is -0.478 e. The third kappa shape index (κ3) is 4.14. The monoisotopic (exact) mass is 325 g/mol. The molecule has 2 atom stereocenters. The van der Waals surface area contributed by atoms with Gasteiger partial charge in [0, 0.05) is 11.6 Å². The first kappa shape index (κ1) is 17.1. The molecule has 22 heavy (non-hydrogen) atoms. The zero-order valence-corrected chi connectivity index (χ0v) is 14.4. The second-order valence-corrected chi connectivity index (χ2v) is 6.74. The smallest absolute Gasteiger partial charge is 0.263 e. The third-order valence-electron chi connectivity index (χ3n) is 3.93. The second kappa shape index (κ2) is 6.88. The lowest BCUT2D eigenvalue weighted by molar-refractivity contribution is -0.135. The van der Waals surface area contributed by atoms with Gasteiger partial charge in [0.25, 0.3) is 5.91 Å². The molecule has 122 valence electrons. The van der Waals surface area contributed by atoms with Crippen molar-refractivity contribution in [2.45, 2.75) is 58.3 Å². The molecule has 1 aliphatic heterocycles. The van der Waals surface area contributed by atoms with Crippen LogP contribution in [0.3, 0.4) is 0 Å². The van der Waals surface area contributed by atoms with Gasteiger partial charge < -0.3 is 14.8 Å². The predicted molar refractivity (Wildman–Crippen MR) is 87.5 cm³/mol. The van der Waals surface area contributed by atoms with E-state index in [-0.39, 0.29) is 18.1 Å². The van der Waals surface area contributed by atoms with Gasteiger partial charge in [0.2, 0.25) is 0 Å². The average Bonchev–Trinajstić information content (AvgIpc) is 2.96. The van der Waals surface area contributed by atoms with Crippen LogP contribution in [0.2, 0.25) is 5.02 Å². The van der Waals surface area contributed by atoms with Crippen LogP contribution in [0.5, 0.6) is 5.75 Å². The van der Waals surface area contributed by atoms with E-state index in [4.69, 9.17) is 21.1 Å². The molecule has 0 aromatic heterocycles. The number of benzene rings is 1. The number of halogens is 1. The maximum absolute atomic E-state index is 12.5. The van der Waals surface area contributed by atoms with E-state index in [1.165, 1.54) is 0 Å². The Hall–Kier alpha value is -1.26. The topological polar surface area (TPSA) is 47.6 Å². The zero-order valence-electron chi connectivity index (χ0n) is 13.6.